The summed E-state index contributed by atoms with van der Waals surface area (Å²) in [6.45, 7) is 1.33. The number of nitriles is 1. The van der Waals surface area contributed by atoms with Crippen molar-refractivity contribution in [2.24, 2.45) is 0 Å². The van der Waals surface area contributed by atoms with E-state index in [9.17, 15) is 13.6 Å². The molecule has 1 saturated heterocycles. The molecule has 1 aliphatic rings. The average molecular weight is 357 g/mol. The molecule has 3 rings (SSSR count). The van der Waals surface area contributed by atoms with Crippen LogP contribution in [-0.4, -0.2) is 37.2 Å². The van der Waals surface area contributed by atoms with Crippen molar-refractivity contribution in [2.45, 2.75) is 6.61 Å². The van der Waals surface area contributed by atoms with Crippen LogP contribution in [0.15, 0.2) is 42.5 Å². The van der Waals surface area contributed by atoms with Crippen LogP contribution < -0.4 is 4.90 Å². The maximum atomic E-state index is 14.1. The standard InChI is InChI=1S/C19H17F2N3O2/c20-16-10-15(12-22)11-17(21)18(16)23-6-8-24(9-7-23)19(25)26-13-14-4-2-1-3-5-14/h1-5,10-11H,6-9,13H2. The van der Waals surface area contributed by atoms with Crippen molar-refractivity contribution in [2.75, 3.05) is 31.1 Å². The van der Waals surface area contributed by atoms with Crippen LogP contribution in [-0.2, 0) is 11.3 Å². The number of anilines is 1. The Morgan fingerprint density at radius 1 is 1.08 bits per heavy atom. The Balaban J connectivity index is 1.57. The van der Waals surface area contributed by atoms with Gasteiger partial charge in [0.15, 0.2) is 11.6 Å². The first kappa shape index (κ1) is 17.7. The third-order valence-electron chi connectivity index (χ3n) is 4.21. The van der Waals surface area contributed by atoms with Crippen molar-refractivity contribution < 1.29 is 18.3 Å². The molecule has 2 aromatic rings. The van der Waals surface area contributed by atoms with E-state index in [1.54, 1.807) is 6.07 Å². The zero-order valence-corrected chi connectivity index (χ0v) is 14.0. The van der Waals surface area contributed by atoms with Crippen molar-refractivity contribution in [1.82, 2.24) is 4.90 Å². The topological polar surface area (TPSA) is 56.6 Å². The molecule has 26 heavy (non-hydrogen) atoms. The second kappa shape index (κ2) is 7.83. The normalized spacial score (nSPS) is 14.0. The van der Waals surface area contributed by atoms with Gasteiger partial charge >= 0.3 is 6.09 Å². The Hall–Kier alpha value is -3.14. The van der Waals surface area contributed by atoms with Gasteiger partial charge in [-0.15, -0.1) is 0 Å². The smallest absolute Gasteiger partial charge is 0.410 e. The van der Waals surface area contributed by atoms with Gasteiger partial charge in [-0.2, -0.15) is 5.26 Å². The van der Waals surface area contributed by atoms with E-state index in [1.165, 1.54) is 9.80 Å². The summed E-state index contributed by atoms with van der Waals surface area (Å²) in [6.07, 6.45) is -0.450. The fourth-order valence-electron chi connectivity index (χ4n) is 2.86. The fraction of sp³-hybridized carbons (Fsp3) is 0.263. The van der Waals surface area contributed by atoms with E-state index in [0.29, 0.717) is 13.1 Å². The molecule has 0 saturated carbocycles. The van der Waals surface area contributed by atoms with E-state index in [1.807, 2.05) is 30.3 Å². The van der Waals surface area contributed by atoms with E-state index < -0.39 is 17.7 Å². The van der Waals surface area contributed by atoms with Gasteiger partial charge in [-0.25, -0.2) is 13.6 Å². The van der Waals surface area contributed by atoms with Crippen molar-refractivity contribution in [1.29, 1.82) is 5.26 Å². The Morgan fingerprint density at radius 3 is 2.27 bits per heavy atom. The maximum absolute atomic E-state index is 14.1. The molecule has 134 valence electrons. The third-order valence-corrected chi connectivity index (χ3v) is 4.21. The van der Waals surface area contributed by atoms with E-state index in [2.05, 4.69) is 0 Å². The van der Waals surface area contributed by atoms with E-state index in [4.69, 9.17) is 10.00 Å². The number of hydrogen-bond donors (Lipinski definition) is 0. The second-order valence-electron chi connectivity index (χ2n) is 5.91. The summed E-state index contributed by atoms with van der Waals surface area (Å²) < 4.78 is 33.5. The number of carbonyl (C=O) groups excluding carboxylic acids is 1. The molecule has 1 aliphatic heterocycles. The van der Waals surface area contributed by atoms with Crippen LogP contribution in [0.5, 0.6) is 0 Å². The van der Waals surface area contributed by atoms with Crippen LogP contribution in [0.1, 0.15) is 11.1 Å². The molecule has 0 bridgehead atoms. The lowest BCUT2D eigenvalue weighted by Gasteiger charge is -2.35. The van der Waals surface area contributed by atoms with Gasteiger partial charge in [0.1, 0.15) is 12.3 Å². The van der Waals surface area contributed by atoms with Gasteiger partial charge in [0, 0.05) is 26.2 Å². The summed E-state index contributed by atoms with van der Waals surface area (Å²) in [4.78, 5) is 15.2. The molecule has 0 N–H and O–H groups in total. The lowest BCUT2D eigenvalue weighted by Crippen LogP contribution is -2.49. The lowest BCUT2D eigenvalue weighted by molar-refractivity contribution is 0.0941. The van der Waals surface area contributed by atoms with Crippen molar-refractivity contribution in [3.8, 4) is 6.07 Å². The number of rotatable bonds is 3. The summed E-state index contributed by atoms with van der Waals surface area (Å²) in [5.41, 5.74) is 0.661. The number of halogens is 2. The summed E-state index contributed by atoms with van der Waals surface area (Å²) in [7, 11) is 0. The van der Waals surface area contributed by atoms with Gasteiger partial charge in [0.25, 0.3) is 0 Å². The molecular formula is C19H17F2N3O2. The number of benzene rings is 2. The van der Waals surface area contributed by atoms with Crippen LogP contribution in [0.3, 0.4) is 0 Å². The van der Waals surface area contributed by atoms with Crippen LogP contribution in [0.2, 0.25) is 0 Å². The molecular weight excluding hydrogens is 340 g/mol. The van der Waals surface area contributed by atoms with Crippen molar-refractivity contribution in [3.63, 3.8) is 0 Å². The van der Waals surface area contributed by atoms with Gasteiger partial charge in [-0.1, -0.05) is 30.3 Å². The Kier molecular flexibility index (Phi) is 5.32. The zero-order chi connectivity index (χ0) is 18.5. The van der Waals surface area contributed by atoms with Crippen LogP contribution in [0.25, 0.3) is 0 Å². The highest BCUT2D eigenvalue weighted by atomic mass is 19.1. The summed E-state index contributed by atoms with van der Waals surface area (Å²) in [5.74, 6) is -1.55. The van der Waals surface area contributed by atoms with Crippen molar-refractivity contribution >= 4 is 11.8 Å². The highest BCUT2D eigenvalue weighted by Gasteiger charge is 2.26. The molecule has 0 unspecified atom stereocenters. The molecule has 0 atom stereocenters. The zero-order valence-electron chi connectivity index (χ0n) is 14.0. The maximum Gasteiger partial charge on any atom is 0.410 e. The molecule has 7 heteroatoms. The average Bonchev–Trinajstić information content (AvgIpc) is 2.67. The summed E-state index contributed by atoms with van der Waals surface area (Å²) >= 11 is 0. The molecule has 5 nitrogen and oxygen atoms in total. The first-order valence-corrected chi connectivity index (χ1v) is 8.18. The highest BCUT2D eigenvalue weighted by molar-refractivity contribution is 5.68. The largest absolute Gasteiger partial charge is 0.445 e. The summed E-state index contributed by atoms with van der Waals surface area (Å²) in [6, 6.07) is 13.1. The van der Waals surface area contributed by atoms with E-state index >= 15 is 0 Å². The number of nitrogens with zero attached hydrogens (tertiary/aromatic N) is 3. The molecule has 1 heterocycles. The van der Waals surface area contributed by atoms with Crippen LogP contribution in [0.4, 0.5) is 19.3 Å². The molecule has 0 aromatic heterocycles. The first-order chi connectivity index (χ1) is 12.6. The number of carbonyl (C=O) groups is 1. The molecule has 0 radical (unpaired) electrons. The minimum atomic E-state index is -0.776. The Morgan fingerprint density at radius 2 is 1.69 bits per heavy atom. The summed E-state index contributed by atoms with van der Waals surface area (Å²) in [5, 5.41) is 8.76. The first-order valence-electron chi connectivity index (χ1n) is 8.18. The van der Waals surface area contributed by atoms with Gasteiger partial charge in [-0.05, 0) is 17.7 Å². The minimum absolute atomic E-state index is 0.0631. The monoisotopic (exact) mass is 357 g/mol. The van der Waals surface area contributed by atoms with Crippen molar-refractivity contribution in [3.05, 3.63) is 65.2 Å². The number of piperazine rings is 1. The molecule has 2 aromatic carbocycles. The van der Waals surface area contributed by atoms with Gasteiger partial charge in [-0.3, -0.25) is 0 Å². The number of hydrogen-bond acceptors (Lipinski definition) is 4. The lowest BCUT2D eigenvalue weighted by atomic mass is 10.1. The SMILES string of the molecule is N#Cc1cc(F)c(N2CCN(C(=O)OCc3ccccc3)CC2)c(F)c1. The van der Waals surface area contributed by atoms with Crippen LogP contribution in [0, 0.1) is 23.0 Å². The molecule has 0 spiro atoms. The van der Waals surface area contributed by atoms with Gasteiger partial charge in [0.2, 0.25) is 0 Å². The quantitative estimate of drug-likeness (QED) is 0.846. The predicted molar refractivity (Wildman–Crippen MR) is 91.5 cm³/mol. The van der Waals surface area contributed by atoms with Gasteiger partial charge in [0.05, 0.1) is 11.6 Å². The molecule has 1 amide bonds. The minimum Gasteiger partial charge on any atom is -0.445 e. The van der Waals surface area contributed by atoms with E-state index in [-0.39, 0.29) is 30.9 Å². The third kappa shape index (κ3) is 3.91. The molecule has 0 aliphatic carbocycles. The highest BCUT2D eigenvalue weighted by Crippen LogP contribution is 2.26. The Labute approximate surface area is 150 Å². The fourth-order valence-corrected chi connectivity index (χ4v) is 2.86. The number of amides is 1. The Bertz CT molecular complexity index is 805. The predicted octanol–water partition coefficient (Wildman–Crippen LogP) is 3.30. The number of ether oxygens (including phenoxy) is 1. The van der Waals surface area contributed by atoms with Gasteiger partial charge < -0.3 is 14.5 Å². The second-order valence-corrected chi connectivity index (χ2v) is 5.91. The van der Waals surface area contributed by atoms with Crippen LogP contribution >= 0.6 is 0 Å². The van der Waals surface area contributed by atoms with E-state index in [0.717, 1.165) is 17.7 Å². The molecule has 1 fully saturated rings.